The van der Waals surface area contributed by atoms with Crippen LogP contribution in [0.2, 0.25) is 10.0 Å². The van der Waals surface area contributed by atoms with Crippen molar-refractivity contribution in [3.8, 4) is 0 Å². The van der Waals surface area contributed by atoms with Crippen LogP contribution in [0.4, 0.5) is 11.6 Å². The molecule has 0 saturated heterocycles. The maximum Gasteiger partial charge on any atom is 0.242 e. The van der Waals surface area contributed by atoms with Gasteiger partial charge in [-0.1, -0.05) is 30.1 Å². The minimum absolute atomic E-state index is 0.0966. The molecular weight excluding hydrogens is 287 g/mol. The number of nitrogens with zero attached hydrogens (tertiary/aromatic N) is 1. The average Bonchev–Trinajstić information content (AvgIpc) is 2.38. The van der Waals surface area contributed by atoms with Crippen molar-refractivity contribution in [1.82, 2.24) is 10.3 Å². The van der Waals surface area contributed by atoms with Crippen LogP contribution in [0.1, 0.15) is 20.3 Å². The number of pyridine rings is 1. The van der Waals surface area contributed by atoms with Gasteiger partial charge in [0.05, 0.1) is 10.0 Å². The Hall–Kier alpha value is -1.20. The minimum Gasteiger partial charge on any atom is -0.372 e. The number of aromatic nitrogens is 1. The van der Waals surface area contributed by atoms with Gasteiger partial charge < -0.3 is 16.0 Å². The van der Waals surface area contributed by atoms with E-state index in [1.165, 1.54) is 0 Å². The van der Waals surface area contributed by atoms with Gasteiger partial charge in [-0.15, -0.1) is 0 Å². The summed E-state index contributed by atoms with van der Waals surface area (Å²) in [5.41, 5.74) is 0. The number of nitrogens with one attached hydrogen (secondary N) is 3. The van der Waals surface area contributed by atoms with Gasteiger partial charge in [0.2, 0.25) is 5.91 Å². The van der Waals surface area contributed by atoms with Crippen LogP contribution in [0.25, 0.3) is 0 Å². The van der Waals surface area contributed by atoms with Crippen molar-refractivity contribution in [2.45, 2.75) is 26.3 Å². The average molecular weight is 305 g/mol. The molecule has 5 nitrogen and oxygen atoms in total. The van der Waals surface area contributed by atoms with Crippen LogP contribution in [0.5, 0.6) is 0 Å². The lowest BCUT2D eigenvalue weighted by atomic mass is 10.3. The van der Waals surface area contributed by atoms with Crippen molar-refractivity contribution < 1.29 is 4.79 Å². The predicted octanol–water partition coefficient (Wildman–Crippen LogP) is 2.76. The quantitative estimate of drug-likeness (QED) is 0.756. The Morgan fingerprint density at radius 3 is 2.58 bits per heavy atom. The summed E-state index contributed by atoms with van der Waals surface area (Å²) in [6.45, 7) is 4.39. The normalized spacial score (nSPS) is 11.8. The fraction of sp³-hybridized carbons (Fsp3) is 0.500. The zero-order chi connectivity index (χ0) is 14.4. The number of hydrogen-bond acceptors (Lipinski definition) is 4. The fourth-order valence-electron chi connectivity index (χ4n) is 1.42. The summed E-state index contributed by atoms with van der Waals surface area (Å²) in [6.07, 6.45) is 0.891. The van der Waals surface area contributed by atoms with E-state index in [-0.39, 0.29) is 5.91 Å². The van der Waals surface area contributed by atoms with E-state index >= 15 is 0 Å². The summed E-state index contributed by atoms with van der Waals surface area (Å²) in [5, 5.41) is 9.43. The van der Waals surface area contributed by atoms with E-state index in [0.717, 1.165) is 6.42 Å². The Morgan fingerprint density at radius 1 is 1.37 bits per heavy atom. The molecule has 3 N–H and O–H groups in total. The highest BCUT2D eigenvalue weighted by Crippen LogP contribution is 2.29. The Morgan fingerprint density at radius 2 is 2.00 bits per heavy atom. The second-order valence-electron chi connectivity index (χ2n) is 4.06. The first-order chi connectivity index (χ1) is 8.99. The first-order valence-electron chi connectivity index (χ1n) is 6.07. The van der Waals surface area contributed by atoms with Crippen molar-refractivity contribution in [1.29, 1.82) is 0 Å². The van der Waals surface area contributed by atoms with Gasteiger partial charge >= 0.3 is 0 Å². The third-order valence-corrected chi connectivity index (χ3v) is 3.04. The molecule has 0 aliphatic rings. The van der Waals surface area contributed by atoms with Crippen molar-refractivity contribution in [2.24, 2.45) is 0 Å². The van der Waals surface area contributed by atoms with Gasteiger partial charge in [-0.05, 0) is 19.4 Å². The van der Waals surface area contributed by atoms with E-state index in [1.807, 2.05) is 6.92 Å². The van der Waals surface area contributed by atoms with Crippen LogP contribution in [0, 0.1) is 0 Å². The van der Waals surface area contributed by atoms with Crippen LogP contribution in [0.15, 0.2) is 6.07 Å². The van der Waals surface area contributed by atoms with Gasteiger partial charge in [0.25, 0.3) is 0 Å². The highest BCUT2D eigenvalue weighted by atomic mass is 35.5. The zero-order valence-electron chi connectivity index (χ0n) is 11.2. The van der Waals surface area contributed by atoms with Crippen LogP contribution in [-0.2, 0) is 4.79 Å². The molecule has 19 heavy (non-hydrogen) atoms. The summed E-state index contributed by atoms with van der Waals surface area (Å²) in [4.78, 5) is 16.0. The Labute approximate surface area is 123 Å². The van der Waals surface area contributed by atoms with Gasteiger partial charge in [-0.25, -0.2) is 4.98 Å². The van der Waals surface area contributed by atoms with Crippen LogP contribution < -0.4 is 16.0 Å². The molecule has 1 rings (SSSR count). The van der Waals surface area contributed by atoms with Gasteiger partial charge in [-0.3, -0.25) is 4.79 Å². The second-order valence-corrected chi connectivity index (χ2v) is 4.87. The molecule has 106 valence electrons. The minimum atomic E-state index is -0.428. The first kappa shape index (κ1) is 15.9. The van der Waals surface area contributed by atoms with E-state index < -0.39 is 6.04 Å². The maximum absolute atomic E-state index is 11.8. The van der Waals surface area contributed by atoms with E-state index in [2.05, 4.69) is 20.9 Å². The molecule has 0 aromatic carbocycles. The third kappa shape index (κ3) is 4.44. The fourth-order valence-corrected chi connectivity index (χ4v) is 1.92. The third-order valence-electron chi connectivity index (χ3n) is 2.46. The molecule has 0 saturated carbocycles. The van der Waals surface area contributed by atoms with E-state index in [9.17, 15) is 4.79 Å². The summed E-state index contributed by atoms with van der Waals surface area (Å²) in [5.74, 6) is 0.838. The highest BCUT2D eigenvalue weighted by Gasteiger charge is 2.15. The van der Waals surface area contributed by atoms with Gasteiger partial charge in [0.1, 0.15) is 17.7 Å². The SMILES string of the molecule is CCCNC(=O)C(C)Nc1nc(NC)c(Cl)cc1Cl. The van der Waals surface area contributed by atoms with Crippen molar-refractivity contribution in [3.05, 3.63) is 16.1 Å². The molecular formula is C12H18Cl2N4O. The Bertz CT molecular complexity index is 454. The number of carbonyl (C=O) groups excluding carboxylic acids is 1. The standard InChI is InChI=1S/C12H18Cl2N4O/c1-4-5-16-12(19)7(2)17-11-9(14)6-8(13)10(15-3)18-11/h6-7H,4-5H2,1-3H3,(H,16,19)(H2,15,17,18). The van der Waals surface area contributed by atoms with Gasteiger partial charge in [0.15, 0.2) is 0 Å². The summed E-state index contributed by atoms with van der Waals surface area (Å²) in [7, 11) is 1.71. The van der Waals surface area contributed by atoms with Crippen LogP contribution in [-0.4, -0.2) is 30.5 Å². The van der Waals surface area contributed by atoms with Crippen molar-refractivity contribution in [2.75, 3.05) is 24.2 Å². The number of hydrogen-bond donors (Lipinski definition) is 3. The molecule has 7 heteroatoms. The zero-order valence-corrected chi connectivity index (χ0v) is 12.7. The lowest BCUT2D eigenvalue weighted by molar-refractivity contribution is -0.121. The van der Waals surface area contributed by atoms with Crippen molar-refractivity contribution >= 4 is 40.7 Å². The number of anilines is 2. The van der Waals surface area contributed by atoms with Crippen LogP contribution >= 0.6 is 23.2 Å². The Balaban J connectivity index is 2.78. The first-order valence-corrected chi connectivity index (χ1v) is 6.83. The number of halogens is 2. The largest absolute Gasteiger partial charge is 0.372 e. The summed E-state index contributed by atoms with van der Waals surface area (Å²) in [6, 6.07) is 1.16. The smallest absolute Gasteiger partial charge is 0.242 e. The molecule has 1 amide bonds. The molecule has 0 radical (unpaired) electrons. The molecule has 1 aromatic rings. The van der Waals surface area contributed by atoms with Gasteiger partial charge in [0, 0.05) is 13.6 Å². The van der Waals surface area contributed by atoms with Crippen LogP contribution in [0.3, 0.4) is 0 Å². The van der Waals surface area contributed by atoms with Gasteiger partial charge in [-0.2, -0.15) is 0 Å². The van der Waals surface area contributed by atoms with E-state index in [4.69, 9.17) is 23.2 Å². The summed E-state index contributed by atoms with van der Waals surface area (Å²) >= 11 is 12.0. The molecule has 0 spiro atoms. The number of amides is 1. The molecule has 1 aromatic heterocycles. The Kier molecular flexibility index (Phi) is 6.18. The predicted molar refractivity (Wildman–Crippen MR) is 80.2 cm³/mol. The van der Waals surface area contributed by atoms with E-state index in [0.29, 0.717) is 28.2 Å². The molecule has 1 atom stereocenters. The molecule has 0 fully saturated rings. The lowest BCUT2D eigenvalue weighted by Crippen LogP contribution is -2.38. The lowest BCUT2D eigenvalue weighted by Gasteiger charge is -2.16. The topological polar surface area (TPSA) is 66.0 Å². The molecule has 0 bridgehead atoms. The second kappa shape index (κ2) is 7.40. The molecule has 1 heterocycles. The number of rotatable bonds is 6. The van der Waals surface area contributed by atoms with Crippen molar-refractivity contribution in [3.63, 3.8) is 0 Å². The molecule has 1 unspecified atom stereocenters. The number of carbonyl (C=O) groups is 1. The maximum atomic E-state index is 11.8. The summed E-state index contributed by atoms with van der Waals surface area (Å²) < 4.78 is 0. The molecule has 0 aliphatic heterocycles. The monoisotopic (exact) mass is 304 g/mol. The highest BCUT2D eigenvalue weighted by molar-refractivity contribution is 6.37. The molecule has 0 aliphatic carbocycles. The van der Waals surface area contributed by atoms with E-state index in [1.54, 1.807) is 20.0 Å².